The van der Waals surface area contributed by atoms with Crippen molar-refractivity contribution in [3.63, 3.8) is 0 Å². The van der Waals surface area contributed by atoms with Gasteiger partial charge in [0.05, 0.1) is 6.61 Å². The fourth-order valence-electron chi connectivity index (χ4n) is 3.76. The molecule has 4 rings (SSSR count). The first-order valence-electron chi connectivity index (χ1n) is 11.6. The predicted octanol–water partition coefficient (Wildman–Crippen LogP) is 5.55. The smallest absolute Gasteiger partial charge is 0.339 e. The number of methoxy groups -OCH3 is 1. The molecule has 0 saturated heterocycles. The van der Waals surface area contributed by atoms with Gasteiger partial charge in [-0.15, -0.1) is 0 Å². The molecule has 0 aliphatic carbocycles. The van der Waals surface area contributed by atoms with Gasteiger partial charge in [0.25, 0.3) is 5.91 Å². The minimum atomic E-state index is -4.14. The summed E-state index contributed by atoms with van der Waals surface area (Å²) in [6.45, 7) is 0.897. The number of benzene rings is 4. The van der Waals surface area contributed by atoms with E-state index in [0.29, 0.717) is 24.3 Å². The number of carbonyl (C=O) groups is 1. The highest BCUT2D eigenvalue weighted by Gasteiger charge is 2.19. The molecule has 0 bridgehead atoms. The Labute approximate surface area is 216 Å². The number of nitrogens with zero attached hydrogens (tertiary/aromatic N) is 1. The Morgan fingerprint density at radius 1 is 0.838 bits per heavy atom. The van der Waals surface area contributed by atoms with E-state index in [4.69, 9.17) is 8.92 Å². The van der Waals surface area contributed by atoms with Gasteiger partial charge in [-0.3, -0.25) is 4.79 Å². The highest BCUT2D eigenvalue weighted by Crippen LogP contribution is 2.23. The van der Waals surface area contributed by atoms with Gasteiger partial charge in [-0.25, -0.2) is 4.39 Å². The average Bonchev–Trinajstić information content (AvgIpc) is 2.91. The lowest BCUT2D eigenvalue weighted by molar-refractivity contribution is 0.0680. The molecule has 0 radical (unpaired) electrons. The van der Waals surface area contributed by atoms with Crippen molar-refractivity contribution in [2.75, 3.05) is 20.3 Å². The SMILES string of the molecule is COCCN(Cc1cccc(OS(=O)(=O)c2ccc(F)cc2)c1)C(=O)c1ccc(-c2ccccc2)cc1. The van der Waals surface area contributed by atoms with Gasteiger partial charge in [0.2, 0.25) is 0 Å². The normalized spacial score (nSPS) is 11.2. The van der Waals surface area contributed by atoms with Crippen LogP contribution in [0.5, 0.6) is 5.75 Å². The number of halogens is 1. The molecule has 0 heterocycles. The molecule has 4 aromatic rings. The molecule has 8 heteroatoms. The van der Waals surface area contributed by atoms with Crippen molar-refractivity contribution < 1.29 is 26.5 Å². The minimum absolute atomic E-state index is 0.0909. The second-order valence-corrected chi connectivity index (χ2v) is 9.85. The second-order valence-electron chi connectivity index (χ2n) is 8.30. The maximum atomic E-state index is 13.3. The molecule has 0 spiro atoms. The Balaban J connectivity index is 1.51. The zero-order chi connectivity index (χ0) is 26.3. The average molecular weight is 520 g/mol. The van der Waals surface area contributed by atoms with Crippen LogP contribution in [-0.2, 0) is 21.4 Å². The molecule has 0 unspecified atom stereocenters. The summed E-state index contributed by atoms with van der Waals surface area (Å²) in [5.41, 5.74) is 3.28. The predicted molar refractivity (Wildman–Crippen MR) is 139 cm³/mol. The van der Waals surface area contributed by atoms with Crippen LogP contribution >= 0.6 is 0 Å². The van der Waals surface area contributed by atoms with Gasteiger partial charge in [-0.05, 0) is 65.2 Å². The fourth-order valence-corrected chi connectivity index (χ4v) is 4.69. The maximum absolute atomic E-state index is 13.3. The standard InChI is InChI=1S/C29H26FNO5S/c1-35-19-18-31(29(32)25-12-10-24(11-13-25)23-7-3-2-4-8-23)21-22-6-5-9-27(20-22)36-37(33,34)28-16-14-26(30)15-17-28/h2-17,20H,18-19,21H2,1H3. The van der Waals surface area contributed by atoms with Gasteiger partial charge in [-0.1, -0.05) is 54.6 Å². The van der Waals surface area contributed by atoms with E-state index in [1.54, 1.807) is 42.3 Å². The van der Waals surface area contributed by atoms with Crippen molar-refractivity contribution in [3.8, 4) is 16.9 Å². The van der Waals surface area contributed by atoms with Crippen LogP contribution in [0, 0.1) is 5.82 Å². The number of hydrogen-bond donors (Lipinski definition) is 0. The monoisotopic (exact) mass is 519 g/mol. The highest BCUT2D eigenvalue weighted by molar-refractivity contribution is 7.87. The molecule has 6 nitrogen and oxygen atoms in total. The van der Waals surface area contributed by atoms with E-state index in [-0.39, 0.29) is 23.1 Å². The zero-order valence-corrected chi connectivity index (χ0v) is 21.0. The number of carbonyl (C=O) groups excluding carboxylic acids is 1. The quantitative estimate of drug-likeness (QED) is 0.257. The van der Waals surface area contributed by atoms with Crippen LogP contribution in [0.4, 0.5) is 4.39 Å². The Morgan fingerprint density at radius 3 is 2.19 bits per heavy atom. The summed E-state index contributed by atoms with van der Waals surface area (Å²) in [4.78, 5) is 14.8. The topological polar surface area (TPSA) is 72.9 Å². The molecule has 0 aliphatic heterocycles. The molecule has 0 atom stereocenters. The van der Waals surface area contributed by atoms with Crippen LogP contribution in [0.3, 0.4) is 0 Å². The van der Waals surface area contributed by atoms with Gasteiger partial charge in [0, 0.05) is 25.8 Å². The van der Waals surface area contributed by atoms with Gasteiger partial charge >= 0.3 is 10.1 Å². The Hall–Kier alpha value is -4.01. The van der Waals surface area contributed by atoms with Gasteiger partial charge in [0.1, 0.15) is 16.5 Å². The maximum Gasteiger partial charge on any atom is 0.339 e. The van der Waals surface area contributed by atoms with Crippen molar-refractivity contribution >= 4 is 16.0 Å². The Kier molecular flexibility index (Phi) is 8.32. The lowest BCUT2D eigenvalue weighted by Crippen LogP contribution is -2.33. The van der Waals surface area contributed by atoms with E-state index in [9.17, 15) is 17.6 Å². The summed E-state index contributed by atoms with van der Waals surface area (Å²) < 4.78 is 48.8. The van der Waals surface area contributed by atoms with E-state index in [1.807, 2.05) is 42.5 Å². The summed E-state index contributed by atoms with van der Waals surface area (Å²) in [5, 5.41) is 0. The lowest BCUT2D eigenvalue weighted by atomic mass is 10.0. The third-order valence-electron chi connectivity index (χ3n) is 5.67. The molecule has 0 saturated carbocycles. The molecule has 0 N–H and O–H groups in total. The molecule has 0 fully saturated rings. The highest BCUT2D eigenvalue weighted by atomic mass is 32.2. The van der Waals surface area contributed by atoms with Crippen molar-refractivity contribution in [2.24, 2.45) is 0 Å². The third-order valence-corrected chi connectivity index (χ3v) is 6.93. The van der Waals surface area contributed by atoms with E-state index >= 15 is 0 Å². The van der Waals surface area contributed by atoms with Crippen LogP contribution in [0.15, 0.2) is 108 Å². The van der Waals surface area contributed by atoms with Gasteiger partial charge in [-0.2, -0.15) is 8.42 Å². The van der Waals surface area contributed by atoms with E-state index in [1.165, 1.54) is 6.07 Å². The fraction of sp³-hybridized carbons (Fsp3) is 0.138. The summed E-state index contributed by atoms with van der Waals surface area (Å²) in [7, 11) is -2.58. The largest absolute Gasteiger partial charge is 0.383 e. The molecular weight excluding hydrogens is 493 g/mol. The second kappa shape index (κ2) is 11.8. The van der Waals surface area contributed by atoms with E-state index < -0.39 is 15.9 Å². The molecule has 0 aromatic heterocycles. The summed E-state index contributed by atoms with van der Waals surface area (Å²) in [5.74, 6) is -0.633. The summed E-state index contributed by atoms with van der Waals surface area (Å²) in [6, 6.07) is 28.2. The van der Waals surface area contributed by atoms with Crippen LogP contribution in [0.25, 0.3) is 11.1 Å². The number of ether oxygens (including phenoxy) is 1. The number of hydrogen-bond acceptors (Lipinski definition) is 5. The lowest BCUT2D eigenvalue weighted by Gasteiger charge is -2.23. The molecule has 190 valence electrons. The first kappa shape index (κ1) is 26.1. The molecule has 0 aliphatic rings. The number of rotatable bonds is 10. The Morgan fingerprint density at radius 2 is 1.51 bits per heavy atom. The third kappa shape index (κ3) is 6.81. The van der Waals surface area contributed by atoms with Crippen LogP contribution < -0.4 is 4.18 Å². The van der Waals surface area contributed by atoms with Crippen molar-refractivity contribution in [3.05, 3.63) is 120 Å². The van der Waals surface area contributed by atoms with Crippen LogP contribution in [0.2, 0.25) is 0 Å². The first-order chi connectivity index (χ1) is 17.9. The van der Waals surface area contributed by atoms with Crippen molar-refractivity contribution in [1.82, 2.24) is 4.90 Å². The van der Waals surface area contributed by atoms with Crippen LogP contribution in [-0.4, -0.2) is 39.5 Å². The molecular formula is C29H26FNO5S. The molecule has 1 amide bonds. The summed E-state index contributed by atoms with van der Waals surface area (Å²) >= 11 is 0. The molecule has 4 aromatic carbocycles. The van der Waals surface area contributed by atoms with Crippen molar-refractivity contribution in [2.45, 2.75) is 11.4 Å². The Bertz CT molecular complexity index is 1440. The van der Waals surface area contributed by atoms with Crippen LogP contribution in [0.1, 0.15) is 15.9 Å². The van der Waals surface area contributed by atoms with E-state index in [2.05, 4.69) is 0 Å². The molecule has 37 heavy (non-hydrogen) atoms. The van der Waals surface area contributed by atoms with Crippen molar-refractivity contribution in [1.29, 1.82) is 0 Å². The van der Waals surface area contributed by atoms with E-state index in [0.717, 1.165) is 35.4 Å². The first-order valence-corrected chi connectivity index (χ1v) is 13.0. The van der Waals surface area contributed by atoms with Gasteiger partial charge < -0.3 is 13.8 Å². The van der Waals surface area contributed by atoms with Gasteiger partial charge in [0.15, 0.2) is 0 Å². The minimum Gasteiger partial charge on any atom is -0.383 e. The summed E-state index contributed by atoms with van der Waals surface area (Å²) in [6.07, 6.45) is 0. The number of amides is 1. The zero-order valence-electron chi connectivity index (χ0n) is 20.2.